The third-order valence-electron chi connectivity index (χ3n) is 4.46. The fourth-order valence-electron chi connectivity index (χ4n) is 3.18. The first-order chi connectivity index (χ1) is 11.9. The third kappa shape index (κ3) is 3.94. The van der Waals surface area contributed by atoms with Crippen LogP contribution in [0.2, 0.25) is 0 Å². The van der Waals surface area contributed by atoms with Crippen LogP contribution in [0.3, 0.4) is 0 Å². The van der Waals surface area contributed by atoms with Gasteiger partial charge in [0.2, 0.25) is 0 Å². The van der Waals surface area contributed by atoms with E-state index >= 15 is 0 Å². The molecule has 0 atom stereocenters. The van der Waals surface area contributed by atoms with Gasteiger partial charge in [0.1, 0.15) is 18.1 Å². The lowest BCUT2D eigenvalue weighted by molar-refractivity contribution is -0.583. The van der Waals surface area contributed by atoms with E-state index in [4.69, 9.17) is 0 Å². The van der Waals surface area contributed by atoms with Crippen LogP contribution in [0.4, 0.5) is 0 Å². The standard InChI is InChI=1S/C22H27N2/c1-2-3-4-5-12-17-23-18-19-24(21-15-10-7-11-16-21)22(23)20-13-8-6-9-14-20/h6-11,13-16,18-19H,2-5,12,17H2,1H3/q+1. The van der Waals surface area contributed by atoms with E-state index in [0.717, 1.165) is 6.54 Å². The summed E-state index contributed by atoms with van der Waals surface area (Å²) in [5.41, 5.74) is 2.47. The second-order valence-electron chi connectivity index (χ2n) is 6.30. The van der Waals surface area contributed by atoms with Crippen LogP contribution < -0.4 is 4.57 Å². The average Bonchev–Trinajstić information content (AvgIpc) is 3.07. The van der Waals surface area contributed by atoms with Crippen molar-refractivity contribution in [2.75, 3.05) is 0 Å². The normalized spacial score (nSPS) is 10.9. The summed E-state index contributed by atoms with van der Waals surface area (Å²) in [6, 6.07) is 21.3. The minimum absolute atomic E-state index is 1.08. The lowest BCUT2D eigenvalue weighted by Gasteiger charge is -2.05. The van der Waals surface area contributed by atoms with Gasteiger partial charge < -0.3 is 0 Å². The summed E-state index contributed by atoms with van der Waals surface area (Å²) in [5, 5.41) is 0. The molecule has 0 saturated carbocycles. The highest BCUT2D eigenvalue weighted by molar-refractivity contribution is 5.53. The number of rotatable bonds is 8. The molecule has 0 N–H and O–H groups in total. The molecule has 3 rings (SSSR count). The molecular weight excluding hydrogens is 292 g/mol. The van der Waals surface area contributed by atoms with Crippen molar-refractivity contribution in [1.82, 2.24) is 4.57 Å². The molecule has 2 nitrogen and oxygen atoms in total. The summed E-state index contributed by atoms with van der Waals surface area (Å²) in [6.07, 6.45) is 10.9. The number of benzene rings is 2. The summed E-state index contributed by atoms with van der Waals surface area (Å²) < 4.78 is 4.69. The Morgan fingerprint density at radius 3 is 2.17 bits per heavy atom. The average molecular weight is 319 g/mol. The molecule has 2 aromatic carbocycles. The molecule has 3 aromatic rings. The number of imidazole rings is 1. The highest BCUT2D eigenvalue weighted by Crippen LogP contribution is 2.18. The summed E-state index contributed by atoms with van der Waals surface area (Å²) >= 11 is 0. The van der Waals surface area contributed by atoms with Crippen molar-refractivity contribution in [2.24, 2.45) is 0 Å². The van der Waals surface area contributed by atoms with Crippen LogP contribution in [0, 0.1) is 0 Å². The Labute approximate surface area is 145 Å². The highest BCUT2D eigenvalue weighted by atomic mass is 15.2. The first kappa shape index (κ1) is 16.5. The van der Waals surface area contributed by atoms with Gasteiger partial charge in [0, 0.05) is 0 Å². The van der Waals surface area contributed by atoms with Gasteiger partial charge in [-0.25, -0.2) is 4.57 Å². The largest absolute Gasteiger partial charge is 0.294 e. The maximum atomic E-state index is 2.40. The predicted molar refractivity (Wildman–Crippen MR) is 100 cm³/mol. The van der Waals surface area contributed by atoms with Crippen LogP contribution in [0.5, 0.6) is 0 Å². The fraction of sp³-hybridized carbons (Fsp3) is 0.318. The minimum atomic E-state index is 1.08. The monoisotopic (exact) mass is 319 g/mol. The van der Waals surface area contributed by atoms with Gasteiger partial charge in [-0.3, -0.25) is 0 Å². The molecule has 1 aromatic heterocycles. The van der Waals surface area contributed by atoms with Gasteiger partial charge in [-0.2, -0.15) is 4.57 Å². The minimum Gasteiger partial charge on any atom is -0.230 e. The van der Waals surface area contributed by atoms with Gasteiger partial charge in [-0.15, -0.1) is 0 Å². The molecule has 0 amide bonds. The van der Waals surface area contributed by atoms with Crippen molar-refractivity contribution < 1.29 is 4.57 Å². The zero-order valence-electron chi connectivity index (χ0n) is 14.6. The Kier molecular flexibility index (Phi) is 5.84. The fourth-order valence-corrected chi connectivity index (χ4v) is 3.18. The van der Waals surface area contributed by atoms with E-state index < -0.39 is 0 Å². The SMILES string of the molecule is CCCCCCCn1cc[n+](-c2ccccc2)c1-c1ccccc1. The summed E-state index contributed by atoms with van der Waals surface area (Å²) in [4.78, 5) is 0. The second-order valence-corrected chi connectivity index (χ2v) is 6.30. The van der Waals surface area contributed by atoms with E-state index in [2.05, 4.69) is 89.1 Å². The van der Waals surface area contributed by atoms with Crippen LogP contribution in [0.25, 0.3) is 17.1 Å². The Bertz CT molecular complexity index is 729. The third-order valence-corrected chi connectivity index (χ3v) is 4.46. The molecule has 0 aliphatic heterocycles. The van der Waals surface area contributed by atoms with Gasteiger partial charge in [-0.05, 0) is 37.1 Å². The molecule has 0 spiro atoms. The van der Waals surface area contributed by atoms with Crippen molar-refractivity contribution in [3.63, 3.8) is 0 Å². The van der Waals surface area contributed by atoms with Crippen molar-refractivity contribution in [3.05, 3.63) is 73.1 Å². The quantitative estimate of drug-likeness (QED) is 0.388. The maximum absolute atomic E-state index is 2.40. The topological polar surface area (TPSA) is 8.81 Å². The van der Waals surface area contributed by atoms with Crippen LogP contribution >= 0.6 is 0 Å². The number of hydrogen-bond acceptors (Lipinski definition) is 0. The van der Waals surface area contributed by atoms with Crippen molar-refractivity contribution in [2.45, 2.75) is 45.6 Å². The second kappa shape index (κ2) is 8.49. The van der Waals surface area contributed by atoms with E-state index in [9.17, 15) is 0 Å². The number of unbranched alkanes of at least 4 members (excludes halogenated alkanes) is 4. The Balaban J connectivity index is 1.88. The van der Waals surface area contributed by atoms with Gasteiger partial charge in [0.25, 0.3) is 5.82 Å². The molecule has 0 radical (unpaired) electrons. The van der Waals surface area contributed by atoms with Gasteiger partial charge in [0.05, 0.1) is 12.1 Å². The molecule has 24 heavy (non-hydrogen) atoms. The van der Waals surface area contributed by atoms with E-state index in [-0.39, 0.29) is 0 Å². The number of para-hydroxylation sites is 1. The van der Waals surface area contributed by atoms with E-state index in [1.807, 2.05) is 0 Å². The smallest absolute Gasteiger partial charge is 0.230 e. The summed E-state index contributed by atoms with van der Waals surface area (Å²) in [5.74, 6) is 1.26. The zero-order valence-corrected chi connectivity index (χ0v) is 14.6. The van der Waals surface area contributed by atoms with E-state index in [0.29, 0.717) is 0 Å². The first-order valence-electron chi connectivity index (χ1n) is 9.12. The molecule has 0 bridgehead atoms. The Morgan fingerprint density at radius 2 is 1.46 bits per heavy atom. The highest BCUT2D eigenvalue weighted by Gasteiger charge is 2.20. The molecule has 0 aliphatic rings. The van der Waals surface area contributed by atoms with Crippen LogP contribution in [-0.4, -0.2) is 4.57 Å². The molecular formula is C22H27N2+. The lowest BCUT2D eigenvalue weighted by Crippen LogP contribution is -2.31. The lowest BCUT2D eigenvalue weighted by atomic mass is 10.1. The Morgan fingerprint density at radius 1 is 0.792 bits per heavy atom. The number of aryl methyl sites for hydroxylation is 1. The van der Waals surface area contributed by atoms with Crippen molar-refractivity contribution in [3.8, 4) is 17.1 Å². The van der Waals surface area contributed by atoms with Crippen LogP contribution in [0.1, 0.15) is 39.0 Å². The molecule has 2 heteroatoms. The van der Waals surface area contributed by atoms with Gasteiger partial charge >= 0.3 is 0 Å². The van der Waals surface area contributed by atoms with Crippen molar-refractivity contribution >= 4 is 0 Å². The van der Waals surface area contributed by atoms with Gasteiger partial charge in [-0.1, -0.05) is 62.6 Å². The zero-order chi connectivity index (χ0) is 16.6. The van der Waals surface area contributed by atoms with Crippen LogP contribution in [0.15, 0.2) is 73.1 Å². The number of nitrogens with zero attached hydrogens (tertiary/aromatic N) is 2. The maximum Gasteiger partial charge on any atom is 0.294 e. The molecule has 1 heterocycles. The molecule has 124 valence electrons. The molecule has 0 saturated heterocycles. The summed E-state index contributed by atoms with van der Waals surface area (Å²) in [6.45, 7) is 3.34. The van der Waals surface area contributed by atoms with E-state index in [1.54, 1.807) is 0 Å². The van der Waals surface area contributed by atoms with E-state index in [1.165, 1.54) is 49.2 Å². The first-order valence-corrected chi connectivity index (χ1v) is 9.12. The molecule has 0 fully saturated rings. The Hall–Kier alpha value is -2.35. The number of aromatic nitrogens is 2. The number of hydrogen-bond donors (Lipinski definition) is 0. The van der Waals surface area contributed by atoms with Crippen LogP contribution in [-0.2, 0) is 6.54 Å². The van der Waals surface area contributed by atoms with Gasteiger partial charge in [0.15, 0.2) is 0 Å². The molecule has 0 unspecified atom stereocenters. The summed E-state index contributed by atoms with van der Waals surface area (Å²) in [7, 11) is 0. The predicted octanol–water partition coefficient (Wildman–Crippen LogP) is 5.40. The van der Waals surface area contributed by atoms with Crippen molar-refractivity contribution in [1.29, 1.82) is 0 Å². The molecule has 0 aliphatic carbocycles.